The van der Waals surface area contributed by atoms with E-state index in [1.165, 1.54) is 0 Å². The van der Waals surface area contributed by atoms with Crippen LogP contribution in [-0.4, -0.2) is 11.7 Å². The van der Waals surface area contributed by atoms with E-state index < -0.39 is 0 Å². The number of para-hydroxylation sites is 1. The molecule has 0 N–H and O–H groups in total. The highest BCUT2D eigenvalue weighted by Gasteiger charge is 2.33. The van der Waals surface area contributed by atoms with Crippen LogP contribution in [0.4, 0.5) is 5.69 Å². The van der Waals surface area contributed by atoms with Gasteiger partial charge in [-0.25, -0.2) is 0 Å². The van der Waals surface area contributed by atoms with Gasteiger partial charge in [0.1, 0.15) is 5.37 Å². The van der Waals surface area contributed by atoms with Gasteiger partial charge in [0.05, 0.1) is 5.75 Å². The van der Waals surface area contributed by atoms with Crippen molar-refractivity contribution >= 4 is 35.0 Å². The van der Waals surface area contributed by atoms with Crippen LogP contribution >= 0.6 is 23.4 Å². The van der Waals surface area contributed by atoms with Crippen LogP contribution in [0.5, 0.6) is 0 Å². The zero-order valence-corrected chi connectivity index (χ0v) is 11.7. The Morgan fingerprint density at radius 1 is 1.05 bits per heavy atom. The number of thioether (sulfide) groups is 1. The molecule has 0 radical (unpaired) electrons. The number of rotatable bonds is 2. The van der Waals surface area contributed by atoms with Crippen molar-refractivity contribution < 1.29 is 4.79 Å². The molecule has 2 nitrogen and oxygen atoms in total. The van der Waals surface area contributed by atoms with Crippen LogP contribution in [0.15, 0.2) is 54.6 Å². The molecule has 2 aromatic carbocycles. The molecule has 0 spiro atoms. The van der Waals surface area contributed by atoms with E-state index in [4.69, 9.17) is 11.6 Å². The van der Waals surface area contributed by atoms with Crippen LogP contribution in [-0.2, 0) is 4.79 Å². The van der Waals surface area contributed by atoms with Gasteiger partial charge in [0.15, 0.2) is 0 Å². The third-order valence-corrected chi connectivity index (χ3v) is 4.52. The second kappa shape index (κ2) is 5.27. The molecule has 0 aliphatic carbocycles. The molecule has 19 heavy (non-hydrogen) atoms. The Bertz CT molecular complexity index is 585. The largest absolute Gasteiger partial charge is 0.295 e. The molecule has 1 saturated heterocycles. The topological polar surface area (TPSA) is 20.3 Å². The predicted molar refractivity (Wildman–Crippen MR) is 80.6 cm³/mol. The maximum absolute atomic E-state index is 12.1. The lowest BCUT2D eigenvalue weighted by Crippen LogP contribution is -2.27. The van der Waals surface area contributed by atoms with E-state index in [9.17, 15) is 4.79 Å². The minimum atomic E-state index is 0.0344. The first-order valence-corrected chi connectivity index (χ1v) is 7.42. The van der Waals surface area contributed by atoms with Crippen molar-refractivity contribution in [2.75, 3.05) is 10.7 Å². The highest BCUT2D eigenvalue weighted by molar-refractivity contribution is 8.00. The summed E-state index contributed by atoms with van der Waals surface area (Å²) in [6.07, 6.45) is 0. The average Bonchev–Trinajstić information content (AvgIpc) is 2.82. The smallest absolute Gasteiger partial charge is 0.238 e. The number of nitrogens with zero attached hydrogens (tertiary/aromatic N) is 1. The van der Waals surface area contributed by atoms with Crippen molar-refractivity contribution in [3.05, 3.63) is 65.2 Å². The van der Waals surface area contributed by atoms with E-state index >= 15 is 0 Å². The van der Waals surface area contributed by atoms with Gasteiger partial charge in [0.2, 0.25) is 5.91 Å². The summed E-state index contributed by atoms with van der Waals surface area (Å²) in [5, 5.41) is 0.747. The molecule has 0 unspecified atom stereocenters. The molecule has 96 valence electrons. The Balaban J connectivity index is 1.97. The maximum atomic E-state index is 12.1. The van der Waals surface area contributed by atoms with Gasteiger partial charge in [-0.1, -0.05) is 41.9 Å². The summed E-state index contributed by atoms with van der Waals surface area (Å²) in [5.74, 6) is 0.665. The fraction of sp³-hybridized carbons (Fsp3) is 0.133. The lowest BCUT2D eigenvalue weighted by molar-refractivity contribution is -0.115. The summed E-state index contributed by atoms with van der Waals surface area (Å²) < 4.78 is 0. The van der Waals surface area contributed by atoms with Crippen molar-refractivity contribution in [1.29, 1.82) is 0 Å². The Hall–Kier alpha value is -1.45. The van der Waals surface area contributed by atoms with E-state index in [-0.39, 0.29) is 11.3 Å². The van der Waals surface area contributed by atoms with Gasteiger partial charge < -0.3 is 0 Å². The minimum absolute atomic E-state index is 0.0344. The first-order valence-electron chi connectivity index (χ1n) is 6.00. The maximum Gasteiger partial charge on any atom is 0.238 e. The third kappa shape index (κ3) is 2.48. The minimum Gasteiger partial charge on any atom is -0.295 e. The van der Waals surface area contributed by atoms with Crippen LogP contribution in [0.3, 0.4) is 0 Å². The number of carbonyl (C=O) groups excluding carboxylic acids is 1. The van der Waals surface area contributed by atoms with Crippen LogP contribution in [0.2, 0.25) is 5.02 Å². The van der Waals surface area contributed by atoms with E-state index in [1.807, 2.05) is 59.5 Å². The highest BCUT2D eigenvalue weighted by atomic mass is 35.5. The SMILES string of the molecule is O=C1CS[C@@H](c2ccc(Cl)cc2)N1c1ccccc1. The Morgan fingerprint density at radius 3 is 2.42 bits per heavy atom. The van der Waals surface area contributed by atoms with Crippen LogP contribution in [0, 0.1) is 0 Å². The van der Waals surface area contributed by atoms with Crippen molar-refractivity contribution in [3.63, 3.8) is 0 Å². The molecule has 1 aliphatic heterocycles. The molecule has 0 bridgehead atoms. The Morgan fingerprint density at radius 2 is 1.74 bits per heavy atom. The van der Waals surface area contributed by atoms with Crippen molar-refractivity contribution in [1.82, 2.24) is 0 Å². The predicted octanol–water partition coefficient (Wildman–Crippen LogP) is 4.12. The number of anilines is 1. The zero-order chi connectivity index (χ0) is 13.2. The van der Waals surface area contributed by atoms with Crippen molar-refractivity contribution in [3.8, 4) is 0 Å². The Labute approximate surface area is 121 Å². The molecule has 1 fully saturated rings. The second-order valence-corrected chi connectivity index (χ2v) is 5.82. The first kappa shape index (κ1) is 12.6. The summed E-state index contributed by atoms with van der Waals surface area (Å²) >= 11 is 7.56. The number of benzene rings is 2. The lowest BCUT2D eigenvalue weighted by atomic mass is 10.2. The van der Waals surface area contributed by atoms with E-state index in [0.717, 1.165) is 11.3 Å². The van der Waals surface area contributed by atoms with Crippen LogP contribution in [0.1, 0.15) is 10.9 Å². The number of amides is 1. The molecule has 1 atom stereocenters. The van der Waals surface area contributed by atoms with Gasteiger partial charge in [0.25, 0.3) is 0 Å². The lowest BCUT2D eigenvalue weighted by Gasteiger charge is -2.24. The highest BCUT2D eigenvalue weighted by Crippen LogP contribution is 2.41. The first-order chi connectivity index (χ1) is 9.25. The molecule has 3 rings (SSSR count). The number of halogens is 1. The monoisotopic (exact) mass is 289 g/mol. The van der Waals surface area contributed by atoms with Crippen molar-refractivity contribution in [2.24, 2.45) is 0 Å². The fourth-order valence-electron chi connectivity index (χ4n) is 2.17. The molecule has 0 saturated carbocycles. The molecule has 4 heteroatoms. The average molecular weight is 290 g/mol. The van der Waals surface area contributed by atoms with E-state index in [0.29, 0.717) is 10.8 Å². The molecule has 0 aromatic heterocycles. The van der Waals surface area contributed by atoms with Crippen LogP contribution < -0.4 is 4.90 Å². The zero-order valence-electron chi connectivity index (χ0n) is 10.1. The quantitative estimate of drug-likeness (QED) is 0.829. The summed E-state index contributed by atoms with van der Waals surface area (Å²) in [6, 6.07) is 17.5. The molecule has 2 aromatic rings. The summed E-state index contributed by atoms with van der Waals surface area (Å²) in [7, 11) is 0. The Kier molecular flexibility index (Phi) is 3.49. The van der Waals surface area contributed by atoms with Gasteiger partial charge in [-0.05, 0) is 29.8 Å². The number of carbonyl (C=O) groups is 1. The van der Waals surface area contributed by atoms with E-state index in [2.05, 4.69) is 0 Å². The normalized spacial score (nSPS) is 18.9. The molecule has 1 aliphatic rings. The van der Waals surface area contributed by atoms with Crippen molar-refractivity contribution in [2.45, 2.75) is 5.37 Å². The molecule has 1 amide bonds. The van der Waals surface area contributed by atoms with Crippen LogP contribution in [0.25, 0.3) is 0 Å². The molecular weight excluding hydrogens is 278 g/mol. The molecular formula is C15H12ClNOS. The summed E-state index contributed by atoms with van der Waals surface area (Å²) in [5.41, 5.74) is 2.04. The third-order valence-electron chi connectivity index (χ3n) is 3.06. The number of hydrogen-bond donors (Lipinski definition) is 0. The second-order valence-electron chi connectivity index (χ2n) is 4.31. The fourth-order valence-corrected chi connectivity index (χ4v) is 3.47. The number of hydrogen-bond acceptors (Lipinski definition) is 2. The van der Waals surface area contributed by atoms with Gasteiger partial charge in [0, 0.05) is 10.7 Å². The van der Waals surface area contributed by atoms with Gasteiger partial charge in [-0.15, -0.1) is 11.8 Å². The van der Waals surface area contributed by atoms with Gasteiger partial charge in [-0.2, -0.15) is 0 Å². The molecule has 1 heterocycles. The van der Waals surface area contributed by atoms with Gasteiger partial charge in [-0.3, -0.25) is 9.69 Å². The van der Waals surface area contributed by atoms with Gasteiger partial charge >= 0.3 is 0 Å². The summed E-state index contributed by atoms with van der Waals surface area (Å²) in [4.78, 5) is 14.0. The standard InChI is InChI=1S/C15H12ClNOS/c16-12-8-6-11(7-9-12)15-17(14(18)10-19-15)13-4-2-1-3-5-13/h1-9,15H,10H2/t15-/m0/s1. The summed E-state index contributed by atoms with van der Waals surface area (Å²) in [6.45, 7) is 0. The van der Waals surface area contributed by atoms with E-state index in [1.54, 1.807) is 11.8 Å².